The largest absolute Gasteiger partial charge is 0.321 e. The quantitative estimate of drug-likeness (QED) is 0.731. The van der Waals surface area contributed by atoms with Gasteiger partial charge < -0.3 is 5.32 Å². The molecule has 3 rings (SSSR count). The van der Waals surface area contributed by atoms with Crippen LogP contribution in [0.5, 0.6) is 0 Å². The van der Waals surface area contributed by atoms with Crippen LogP contribution in [0.3, 0.4) is 0 Å². The second-order valence-corrected chi connectivity index (χ2v) is 5.04. The minimum atomic E-state index is -0.186. The van der Waals surface area contributed by atoms with Crippen molar-refractivity contribution < 1.29 is 4.79 Å². The Morgan fingerprint density at radius 2 is 2.00 bits per heavy atom. The summed E-state index contributed by atoms with van der Waals surface area (Å²) in [6.07, 6.45) is 5.01. The second-order valence-electron chi connectivity index (χ2n) is 4.23. The highest BCUT2D eigenvalue weighted by molar-refractivity contribution is 9.10. The molecule has 3 aromatic rings. The van der Waals surface area contributed by atoms with Crippen molar-refractivity contribution >= 4 is 38.3 Å². The van der Waals surface area contributed by atoms with E-state index in [1.54, 1.807) is 24.5 Å². The van der Waals surface area contributed by atoms with Crippen LogP contribution in [-0.2, 0) is 0 Å². The van der Waals surface area contributed by atoms with Gasteiger partial charge in [0.05, 0.1) is 5.56 Å². The lowest BCUT2D eigenvalue weighted by atomic mass is 10.1. The van der Waals surface area contributed by atoms with Gasteiger partial charge in [0.2, 0.25) is 0 Å². The molecule has 0 aliphatic heterocycles. The Hall–Kier alpha value is -2.27. The summed E-state index contributed by atoms with van der Waals surface area (Å²) in [5.41, 5.74) is 1.28. The third-order valence-corrected chi connectivity index (χ3v) is 3.39. The van der Waals surface area contributed by atoms with Gasteiger partial charge in [-0.2, -0.15) is 0 Å². The number of amides is 1. The van der Waals surface area contributed by atoms with Crippen LogP contribution < -0.4 is 5.32 Å². The minimum absolute atomic E-state index is 0.186. The number of nitrogens with one attached hydrogen (secondary N) is 1. The van der Waals surface area contributed by atoms with Gasteiger partial charge in [0.15, 0.2) is 0 Å². The van der Waals surface area contributed by atoms with Crippen molar-refractivity contribution in [1.82, 2.24) is 9.97 Å². The van der Waals surface area contributed by atoms with Crippen molar-refractivity contribution in [2.75, 3.05) is 5.32 Å². The summed E-state index contributed by atoms with van der Waals surface area (Å²) in [6.45, 7) is 0. The molecule has 1 aromatic carbocycles. The fourth-order valence-electron chi connectivity index (χ4n) is 1.94. The van der Waals surface area contributed by atoms with E-state index in [0.29, 0.717) is 10.2 Å². The van der Waals surface area contributed by atoms with E-state index in [4.69, 9.17) is 0 Å². The fourth-order valence-corrected chi connectivity index (χ4v) is 2.17. The highest BCUT2D eigenvalue weighted by Gasteiger charge is 2.08. The van der Waals surface area contributed by atoms with Gasteiger partial charge in [-0.15, -0.1) is 0 Å². The maximum absolute atomic E-state index is 12.2. The molecule has 20 heavy (non-hydrogen) atoms. The van der Waals surface area contributed by atoms with Crippen LogP contribution >= 0.6 is 15.9 Å². The van der Waals surface area contributed by atoms with E-state index in [9.17, 15) is 4.79 Å². The first-order valence-corrected chi connectivity index (χ1v) is 6.79. The van der Waals surface area contributed by atoms with Gasteiger partial charge in [-0.25, -0.2) is 4.98 Å². The molecule has 0 radical (unpaired) electrons. The number of anilines is 1. The Balaban J connectivity index is 1.93. The van der Waals surface area contributed by atoms with Gasteiger partial charge in [0, 0.05) is 35.1 Å². The van der Waals surface area contributed by atoms with Crippen molar-refractivity contribution in [3.63, 3.8) is 0 Å². The number of pyridine rings is 2. The Kier molecular flexibility index (Phi) is 3.43. The number of aromatic nitrogens is 2. The third kappa shape index (κ3) is 2.53. The van der Waals surface area contributed by atoms with E-state index in [1.807, 2.05) is 24.3 Å². The van der Waals surface area contributed by atoms with E-state index < -0.39 is 0 Å². The van der Waals surface area contributed by atoms with Crippen LogP contribution in [0.25, 0.3) is 10.8 Å². The molecule has 2 heterocycles. The smallest absolute Gasteiger partial charge is 0.257 e. The first-order chi connectivity index (χ1) is 9.74. The lowest BCUT2D eigenvalue weighted by Crippen LogP contribution is -2.12. The third-order valence-electron chi connectivity index (χ3n) is 2.92. The topological polar surface area (TPSA) is 54.9 Å². The normalized spacial score (nSPS) is 10.4. The number of halogens is 1. The predicted molar refractivity (Wildman–Crippen MR) is 81.6 cm³/mol. The molecule has 2 aromatic heterocycles. The number of carbonyl (C=O) groups excluding carboxylic acids is 1. The second kappa shape index (κ2) is 5.38. The molecule has 0 saturated carbocycles. The number of hydrogen-bond donors (Lipinski definition) is 1. The molecule has 0 aliphatic rings. The van der Waals surface area contributed by atoms with Crippen molar-refractivity contribution in [2.45, 2.75) is 0 Å². The standard InChI is InChI=1S/C15H10BrN3O/c16-14-5-4-11(9-18-14)15(20)19-13-3-1-2-10-8-17-7-6-12(10)13/h1-9H,(H,19,20). The Morgan fingerprint density at radius 1 is 1.10 bits per heavy atom. The average molecular weight is 328 g/mol. The summed E-state index contributed by atoms with van der Waals surface area (Å²) in [5.74, 6) is -0.186. The predicted octanol–water partition coefficient (Wildman–Crippen LogP) is 3.64. The first kappa shape index (κ1) is 12.7. The van der Waals surface area contributed by atoms with Gasteiger partial charge in [0.25, 0.3) is 5.91 Å². The first-order valence-electron chi connectivity index (χ1n) is 6.00. The molecule has 0 atom stereocenters. The van der Waals surface area contributed by atoms with E-state index in [1.165, 1.54) is 6.20 Å². The summed E-state index contributed by atoms with van der Waals surface area (Å²) in [4.78, 5) is 20.3. The van der Waals surface area contributed by atoms with Crippen molar-refractivity contribution in [3.05, 3.63) is 65.2 Å². The van der Waals surface area contributed by atoms with E-state index in [0.717, 1.165) is 16.5 Å². The van der Waals surface area contributed by atoms with Crippen LogP contribution in [0.15, 0.2) is 59.6 Å². The molecule has 0 fully saturated rings. The Bertz CT molecular complexity index is 766. The Morgan fingerprint density at radius 3 is 2.80 bits per heavy atom. The molecule has 98 valence electrons. The summed E-state index contributed by atoms with van der Waals surface area (Å²) in [6, 6.07) is 11.1. The Labute approximate surface area is 124 Å². The van der Waals surface area contributed by atoms with Crippen LogP contribution in [0.2, 0.25) is 0 Å². The molecule has 4 nitrogen and oxygen atoms in total. The molecular weight excluding hydrogens is 318 g/mol. The minimum Gasteiger partial charge on any atom is -0.321 e. The summed E-state index contributed by atoms with van der Waals surface area (Å²) < 4.78 is 0.699. The molecule has 1 N–H and O–H groups in total. The highest BCUT2D eigenvalue weighted by atomic mass is 79.9. The average Bonchev–Trinajstić information content (AvgIpc) is 2.48. The van der Waals surface area contributed by atoms with Crippen LogP contribution in [0, 0.1) is 0 Å². The van der Waals surface area contributed by atoms with Crippen LogP contribution in [0.1, 0.15) is 10.4 Å². The molecule has 5 heteroatoms. The monoisotopic (exact) mass is 327 g/mol. The molecule has 0 saturated heterocycles. The number of carbonyl (C=O) groups is 1. The molecular formula is C15H10BrN3O. The number of fused-ring (bicyclic) bond motifs is 1. The SMILES string of the molecule is O=C(Nc1cccc2cnccc12)c1ccc(Br)nc1. The van der Waals surface area contributed by atoms with Crippen molar-refractivity contribution in [2.24, 2.45) is 0 Å². The number of benzene rings is 1. The molecule has 1 amide bonds. The summed E-state index contributed by atoms with van der Waals surface area (Å²) in [5, 5.41) is 4.84. The van der Waals surface area contributed by atoms with Gasteiger partial charge >= 0.3 is 0 Å². The van der Waals surface area contributed by atoms with Gasteiger partial charge in [-0.05, 0) is 40.2 Å². The zero-order chi connectivity index (χ0) is 13.9. The van der Waals surface area contributed by atoms with Crippen LogP contribution in [-0.4, -0.2) is 15.9 Å². The zero-order valence-electron chi connectivity index (χ0n) is 10.4. The summed E-state index contributed by atoms with van der Waals surface area (Å²) in [7, 11) is 0. The zero-order valence-corrected chi connectivity index (χ0v) is 12.0. The fraction of sp³-hybridized carbons (Fsp3) is 0. The highest BCUT2D eigenvalue weighted by Crippen LogP contribution is 2.22. The van der Waals surface area contributed by atoms with Crippen LogP contribution in [0.4, 0.5) is 5.69 Å². The lowest BCUT2D eigenvalue weighted by Gasteiger charge is -2.08. The summed E-state index contributed by atoms with van der Waals surface area (Å²) >= 11 is 3.24. The van der Waals surface area contributed by atoms with Gasteiger partial charge in [0.1, 0.15) is 4.60 Å². The number of nitrogens with zero attached hydrogens (tertiary/aromatic N) is 2. The maximum Gasteiger partial charge on any atom is 0.257 e. The van der Waals surface area contributed by atoms with E-state index >= 15 is 0 Å². The number of rotatable bonds is 2. The molecule has 0 bridgehead atoms. The molecule has 0 unspecified atom stereocenters. The van der Waals surface area contributed by atoms with Gasteiger partial charge in [-0.3, -0.25) is 9.78 Å². The van der Waals surface area contributed by atoms with Crippen molar-refractivity contribution in [1.29, 1.82) is 0 Å². The van der Waals surface area contributed by atoms with Crippen molar-refractivity contribution in [3.8, 4) is 0 Å². The number of hydrogen-bond acceptors (Lipinski definition) is 3. The maximum atomic E-state index is 12.2. The lowest BCUT2D eigenvalue weighted by molar-refractivity contribution is 0.102. The van der Waals surface area contributed by atoms with E-state index in [2.05, 4.69) is 31.2 Å². The van der Waals surface area contributed by atoms with E-state index in [-0.39, 0.29) is 5.91 Å². The van der Waals surface area contributed by atoms with Gasteiger partial charge in [-0.1, -0.05) is 12.1 Å². The molecule has 0 aliphatic carbocycles. The molecule has 0 spiro atoms.